The molecule has 1 aliphatic rings. The number of hydrogen-bond acceptors (Lipinski definition) is 4. The summed E-state index contributed by atoms with van der Waals surface area (Å²) in [6, 6.07) is 6.27. The van der Waals surface area contributed by atoms with Crippen LogP contribution in [-0.4, -0.2) is 54.3 Å². The number of nitrogens with one attached hydrogen (secondary N) is 2. The zero-order chi connectivity index (χ0) is 18.6. The zero-order valence-corrected chi connectivity index (χ0v) is 12.9. The number of carbonyl (C=O) groups is 4. The molecule has 0 aromatic heterocycles. The fraction of sp³-hybridized carbons (Fsp3) is 0.333. The van der Waals surface area contributed by atoms with E-state index in [9.17, 15) is 32.3 Å². The van der Waals surface area contributed by atoms with E-state index in [1.807, 2.05) is 0 Å². The summed E-state index contributed by atoms with van der Waals surface area (Å²) in [6.45, 7) is -0.743. The van der Waals surface area contributed by atoms with Crippen LogP contribution in [0.3, 0.4) is 0 Å². The van der Waals surface area contributed by atoms with Gasteiger partial charge in [-0.1, -0.05) is 12.1 Å². The van der Waals surface area contributed by atoms with Crippen molar-refractivity contribution in [2.24, 2.45) is 0 Å². The molecule has 0 saturated heterocycles. The number of alkyl halides is 3. The summed E-state index contributed by atoms with van der Waals surface area (Å²) < 4.78 is 35.8. The SMILES string of the molecule is O=C(CCN1C(=O)c2ccccc2C1=O)NCCNC(=O)C(F)(F)F. The number of fused-ring (bicyclic) bond motifs is 1. The molecular weight excluding hydrogens is 343 g/mol. The standard InChI is InChI=1S/C15H14F3N3O4/c16-15(17,18)14(25)20-7-6-19-11(22)5-8-21-12(23)9-3-1-2-4-10(9)13(21)24/h1-4H,5-8H2,(H,19,22)(H,20,25). The van der Waals surface area contributed by atoms with Crippen LogP contribution in [0.25, 0.3) is 0 Å². The lowest BCUT2D eigenvalue weighted by Gasteiger charge is -2.13. The van der Waals surface area contributed by atoms with Crippen molar-refractivity contribution >= 4 is 23.6 Å². The number of carbonyl (C=O) groups excluding carboxylic acids is 4. The minimum atomic E-state index is -4.98. The summed E-state index contributed by atoms with van der Waals surface area (Å²) in [5, 5.41) is 3.90. The van der Waals surface area contributed by atoms with Gasteiger partial charge in [-0.05, 0) is 12.1 Å². The van der Waals surface area contributed by atoms with Gasteiger partial charge < -0.3 is 10.6 Å². The number of amides is 4. The molecule has 1 aromatic carbocycles. The summed E-state index contributed by atoms with van der Waals surface area (Å²) in [5.74, 6) is -3.64. The Balaban J connectivity index is 1.74. The van der Waals surface area contributed by atoms with Crippen LogP contribution < -0.4 is 10.6 Å². The van der Waals surface area contributed by atoms with E-state index in [1.54, 1.807) is 17.4 Å². The van der Waals surface area contributed by atoms with Crippen molar-refractivity contribution in [1.82, 2.24) is 15.5 Å². The highest BCUT2D eigenvalue weighted by atomic mass is 19.4. The topological polar surface area (TPSA) is 95.6 Å². The number of benzene rings is 1. The zero-order valence-electron chi connectivity index (χ0n) is 12.9. The van der Waals surface area contributed by atoms with Crippen LogP contribution in [-0.2, 0) is 9.59 Å². The minimum Gasteiger partial charge on any atom is -0.354 e. The number of halogens is 3. The average molecular weight is 357 g/mol. The molecule has 4 amide bonds. The molecule has 0 fully saturated rings. The lowest BCUT2D eigenvalue weighted by atomic mass is 10.1. The molecule has 0 unspecified atom stereocenters. The average Bonchev–Trinajstić information content (AvgIpc) is 2.80. The van der Waals surface area contributed by atoms with Gasteiger partial charge in [-0.2, -0.15) is 13.2 Å². The Bertz CT molecular complexity index is 683. The van der Waals surface area contributed by atoms with E-state index in [0.29, 0.717) is 0 Å². The fourth-order valence-electron chi connectivity index (χ4n) is 2.22. The Morgan fingerprint density at radius 3 is 2.00 bits per heavy atom. The van der Waals surface area contributed by atoms with E-state index in [1.165, 1.54) is 12.1 Å². The van der Waals surface area contributed by atoms with E-state index < -0.39 is 36.3 Å². The number of rotatable bonds is 6. The van der Waals surface area contributed by atoms with Crippen LogP contribution >= 0.6 is 0 Å². The summed E-state index contributed by atoms with van der Waals surface area (Å²) >= 11 is 0. The van der Waals surface area contributed by atoms with Crippen molar-refractivity contribution in [3.8, 4) is 0 Å². The lowest BCUT2D eigenvalue weighted by Crippen LogP contribution is -2.41. The maximum atomic E-state index is 12.1. The molecule has 2 N–H and O–H groups in total. The van der Waals surface area contributed by atoms with E-state index in [0.717, 1.165) is 4.90 Å². The Morgan fingerprint density at radius 2 is 1.48 bits per heavy atom. The van der Waals surface area contributed by atoms with Gasteiger partial charge in [0, 0.05) is 26.1 Å². The highest BCUT2D eigenvalue weighted by Crippen LogP contribution is 2.22. The van der Waals surface area contributed by atoms with Gasteiger partial charge in [0.2, 0.25) is 5.91 Å². The first-order valence-corrected chi connectivity index (χ1v) is 7.28. The van der Waals surface area contributed by atoms with Gasteiger partial charge >= 0.3 is 12.1 Å². The largest absolute Gasteiger partial charge is 0.471 e. The Kier molecular flexibility index (Phi) is 5.40. The summed E-state index contributed by atoms with van der Waals surface area (Å²) in [5.41, 5.74) is 0.533. The van der Waals surface area contributed by atoms with Crippen molar-refractivity contribution < 1.29 is 32.3 Å². The molecular formula is C15H14F3N3O4. The van der Waals surface area contributed by atoms with E-state index in [-0.39, 0.29) is 30.6 Å². The first-order chi connectivity index (χ1) is 11.7. The van der Waals surface area contributed by atoms with Gasteiger partial charge in [-0.3, -0.25) is 24.1 Å². The molecule has 10 heteroatoms. The second-order valence-corrected chi connectivity index (χ2v) is 5.16. The first-order valence-electron chi connectivity index (χ1n) is 7.28. The van der Waals surface area contributed by atoms with Gasteiger partial charge in [0.05, 0.1) is 11.1 Å². The Hall–Kier alpha value is -2.91. The van der Waals surface area contributed by atoms with Gasteiger partial charge in [0.1, 0.15) is 0 Å². The highest BCUT2D eigenvalue weighted by Gasteiger charge is 2.38. The predicted octanol–water partition coefficient (Wildman–Crippen LogP) is 0.467. The molecule has 25 heavy (non-hydrogen) atoms. The lowest BCUT2D eigenvalue weighted by molar-refractivity contribution is -0.173. The second-order valence-electron chi connectivity index (χ2n) is 5.16. The maximum Gasteiger partial charge on any atom is 0.471 e. The molecule has 1 heterocycles. The van der Waals surface area contributed by atoms with E-state index in [4.69, 9.17) is 0 Å². The third-order valence-corrected chi connectivity index (χ3v) is 3.43. The van der Waals surface area contributed by atoms with Crippen LogP contribution in [0.5, 0.6) is 0 Å². The summed E-state index contributed by atoms with van der Waals surface area (Å²) in [6.07, 6.45) is -5.17. The van der Waals surface area contributed by atoms with Crippen LogP contribution in [0.1, 0.15) is 27.1 Å². The number of imide groups is 1. The molecule has 0 atom stereocenters. The van der Waals surface area contributed by atoms with Crippen molar-refractivity contribution in [3.05, 3.63) is 35.4 Å². The predicted molar refractivity (Wildman–Crippen MR) is 78.5 cm³/mol. The molecule has 134 valence electrons. The monoisotopic (exact) mass is 357 g/mol. The summed E-state index contributed by atoms with van der Waals surface area (Å²) in [7, 11) is 0. The van der Waals surface area contributed by atoms with Crippen LogP contribution in [0.4, 0.5) is 13.2 Å². The maximum absolute atomic E-state index is 12.1. The molecule has 0 saturated carbocycles. The molecule has 0 spiro atoms. The number of hydrogen-bond donors (Lipinski definition) is 2. The van der Waals surface area contributed by atoms with Gasteiger partial charge in [-0.25, -0.2) is 0 Å². The minimum absolute atomic E-state index is 0.146. The fourth-order valence-corrected chi connectivity index (χ4v) is 2.22. The normalized spacial score (nSPS) is 13.6. The third-order valence-electron chi connectivity index (χ3n) is 3.43. The molecule has 0 bridgehead atoms. The van der Waals surface area contributed by atoms with E-state index in [2.05, 4.69) is 5.32 Å². The van der Waals surface area contributed by atoms with Crippen LogP contribution in [0.15, 0.2) is 24.3 Å². The van der Waals surface area contributed by atoms with Gasteiger partial charge in [-0.15, -0.1) is 0 Å². The van der Waals surface area contributed by atoms with Crippen molar-refractivity contribution in [1.29, 1.82) is 0 Å². The van der Waals surface area contributed by atoms with Crippen molar-refractivity contribution in [2.75, 3.05) is 19.6 Å². The Labute approximate surface area is 140 Å². The molecule has 7 nitrogen and oxygen atoms in total. The first kappa shape index (κ1) is 18.4. The molecule has 0 aliphatic carbocycles. The smallest absolute Gasteiger partial charge is 0.354 e. The summed E-state index contributed by atoms with van der Waals surface area (Å²) in [4.78, 5) is 47.3. The number of nitrogens with zero attached hydrogens (tertiary/aromatic N) is 1. The highest BCUT2D eigenvalue weighted by molar-refractivity contribution is 6.21. The van der Waals surface area contributed by atoms with Gasteiger partial charge in [0.15, 0.2) is 0 Å². The quantitative estimate of drug-likeness (QED) is 0.571. The molecule has 1 aromatic rings. The molecule has 1 aliphatic heterocycles. The van der Waals surface area contributed by atoms with E-state index >= 15 is 0 Å². The third kappa shape index (κ3) is 4.34. The Morgan fingerprint density at radius 1 is 0.960 bits per heavy atom. The van der Waals surface area contributed by atoms with Crippen molar-refractivity contribution in [3.63, 3.8) is 0 Å². The van der Waals surface area contributed by atoms with Crippen molar-refractivity contribution in [2.45, 2.75) is 12.6 Å². The molecule has 2 rings (SSSR count). The van der Waals surface area contributed by atoms with Gasteiger partial charge in [0.25, 0.3) is 11.8 Å². The second kappa shape index (κ2) is 7.32. The molecule has 0 radical (unpaired) electrons. The van der Waals surface area contributed by atoms with Crippen LogP contribution in [0, 0.1) is 0 Å². The van der Waals surface area contributed by atoms with Crippen LogP contribution in [0.2, 0.25) is 0 Å².